The molecule has 0 radical (unpaired) electrons. The lowest BCUT2D eigenvalue weighted by molar-refractivity contribution is -0.141. The van der Waals surface area contributed by atoms with Gasteiger partial charge in [-0.25, -0.2) is 9.78 Å². The topological polar surface area (TPSA) is 77.5 Å². The summed E-state index contributed by atoms with van der Waals surface area (Å²) in [5, 5.41) is 2.73. The van der Waals surface area contributed by atoms with Gasteiger partial charge in [-0.1, -0.05) is 6.07 Å². The summed E-state index contributed by atoms with van der Waals surface area (Å²) in [6.45, 7) is 1.95. The minimum atomic E-state index is -4.59. The monoisotopic (exact) mass is 432 g/mol. The van der Waals surface area contributed by atoms with E-state index in [1.165, 1.54) is 24.3 Å². The van der Waals surface area contributed by atoms with Crippen molar-refractivity contribution in [3.05, 3.63) is 65.0 Å². The summed E-state index contributed by atoms with van der Waals surface area (Å²) in [6.07, 6.45) is -4.32. The van der Waals surface area contributed by atoms with Crippen molar-refractivity contribution >= 4 is 23.1 Å². The van der Waals surface area contributed by atoms with E-state index in [1.54, 1.807) is 19.1 Å². The number of nitrogens with one attached hydrogen (secondary N) is 1. The van der Waals surface area contributed by atoms with Crippen LogP contribution >= 0.6 is 0 Å². The highest BCUT2D eigenvalue weighted by Gasteiger charge is 2.44. The molecule has 4 rings (SSSR count). The number of halogens is 3. The SMILES string of the molecule is CCOC(=O)c1ccc(NC(=O)C2=C(c3cccc(C(F)(F)F)n3)[C@@H]3CC[C@@H]2O3)cc1. The number of benzene rings is 1. The molecule has 0 saturated carbocycles. The van der Waals surface area contributed by atoms with Crippen LogP contribution in [0.1, 0.15) is 41.5 Å². The molecule has 3 heterocycles. The second kappa shape index (κ2) is 8.14. The maximum Gasteiger partial charge on any atom is 0.433 e. The molecule has 1 N–H and O–H groups in total. The molecule has 1 saturated heterocycles. The van der Waals surface area contributed by atoms with Gasteiger partial charge in [0.15, 0.2) is 0 Å². The summed E-state index contributed by atoms with van der Waals surface area (Å²) in [6, 6.07) is 9.78. The summed E-state index contributed by atoms with van der Waals surface area (Å²) in [5.41, 5.74) is 0.529. The fraction of sp³-hybridized carbons (Fsp3) is 0.318. The van der Waals surface area contributed by atoms with Crippen LogP contribution in [-0.2, 0) is 20.4 Å². The highest BCUT2D eigenvalue weighted by atomic mass is 19.4. The lowest BCUT2D eigenvalue weighted by atomic mass is 9.89. The van der Waals surface area contributed by atoms with Crippen LogP contribution in [-0.4, -0.2) is 35.7 Å². The Labute approximate surface area is 176 Å². The number of ether oxygens (including phenoxy) is 2. The van der Waals surface area contributed by atoms with Crippen LogP contribution in [0.4, 0.5) is 18.9 Å². The number of carbonyl (C=O) groups excluding carboxylic acids is 2. The van der Waals surface area contributed by atoms with Gasteiger partial charge in [-0.3, -0.25) is 4.79 Å². The Hall–Kier alpha value is -3.20. The molecular weight excluding hydrogens is 413 g/mol. The number of alkyl halides is 3. The summed E-state index contributed by atoms with van der Waals surface area (Å²) < 4.78 is 50.0. The predicted molar refractivity (Wildman–Crippen MR) is 105 cm³/mol. The van der Waals surface area contributed by atoms with E-state index in [0.29, 0.717) is 29.7 Å². The molecule has 162 valence electrons. The first kappa shape index (κ1) is 21.0. The van der Waals surface area contributed by atoms with Crippen molar-refractivity contribution < 1.29 is 32.2 Å². The zero-order valence-electron chi connectivity index (χ0n) is 16.5. The molecular formula is C22H19F3N2O4. The van der Waals surface area contributed by atoms with E-state index in [2.05, 4.69) is 10.3 Å². The second-order valence-corrected chi connectivity index (χ2v) is 7.18. The molecule has 2 aliphatic heterocycles. The van der Waals surface area contributed by atoms with E-state index in [4.69, 9.17) is 9.47 Å². The highest BCUT2D eigenvalue weighted by molar-refractivity contribution is 6.11. The zero-order valence-corrected chi connectivity index (χ0v) is 16.5. The molecule has 9 heteroatoms. The third-order valence-electron chi connectivity index (χ3n) is 5.17. The van der Waals surface area contributed by atoms with E-state index >= 15 is 0 Å². The van der Waals surface area contributed by atoms with Crippen molar-refractivity contribution in [1.82, 2.24) is 4.98 Å². The molecule has 1 fully saturated rings. The van der Waals surface area contributed by atoms with Crippen molar-refractivity contribution in [2.24, 2.45) is 0 Å². The van der Waals surface area contributed by atoms with Crippen LogP contribution in [0, 0.1) is 0 Å². The van der Waals surface area contributed by atoms with Crippen molar-refractivity contribution in [3.63, 3.8) is 0 Å². The summed E-state index contributed by atoms with van der Waals surface area (Å²) in [4.78, 5) is 28.5. The van der Waals surface area contributed by atoms with Crippen molar-refractivity contribution in [2.75, 3.05) is 11.9 Å². The van der Waals surface area contributed by atoms with Crippen LogP contribution in [0.5, 0.6) is 0 Å². The Kier molecular flexibility index (Phi) is 5.53. The van der Waals surface area contributed by atoms with Gasteiger partial charge in [-0.15, -0.1) is 0 Å². The number of carbonyl (C=O) groups is 2. The van der Waals surface area contributed by atoms with Gasteiger partial charge in [0, 0.05) is 11.3 Å². The van der Waals surface area contributed by atoms with Gasteiger partial charge in [0.1, 0.15) is 5.69 Å². The molecule has 0 spiro atoms. The Balaban J connectivity index is 1.61. The number of fused-ring (bicyclic) bond motifs is 2. The third kappa shape index (κ3) is 4.18. The van der Waals surface area contributed by atoms with Gasteiger partial charge in [-0.05, 0) is 56.2 Å². The Morgan fingerprint density at radius 2 is 1.84 bits per heavy atom. The normalized spacial score (nSPS) is 20.1. The molecule has 2 atom stereocenters. The van der Waals surface area contributed by atoms with Crippen LogP contribution in [0.3, 0.4) is 0 Å². The van der Waals surface area contributed by atoms with Gasteiger partial charge in [0.25, 0.3) is 5.91 Å². The summed E-state index contributed by atoms with van der Waals surface area (Å²) in [7, 11) is 0. The minimum Gasteiger partial charge on any atom is -0.462 e. The first-order valence-corrected chi connectivity index (χ1v) is 9.80. The number of esters is 1. The van der Waals surface area contributed by atoms with Crippen molar-refractivity contribution in [2.45, 2.75) is 38.1 Å². The molecule has 2 aromatic rings. The van der Waals surface area contributed by atoms with E-state index in [1.807, 2.05) is 0 Å². The quantitative estimate of drug-likeness (QED) is 0.716. The number of hydrogen-bond acceptors (Lipinski definition) is 5. The zero-order chi connectivity index (χ0) is 22.2. The maximum atomic E-state index is 13.1. The number of rotatable bonds is 5. The average molecular weight is 432 g/mol. The largest absolute Gasteiger partial charge is 0.462 e. The number of aromatic nitrogens is 1. The number of pyridine rings is 1. The van der Waals surface area contributed by atoms with Crippen LogP contribution in [0.15, 0.2) is 48.0 Å². The smallest absolute Gasteiger partial charge is 0.433 e. The van der Waals surface area contributed by atoms with Gasteiger partial charge in [0.2, 0.25) is 0 Å². The van der Waals surface area contributed by atoms with E-state index < -0.39 is 36.0 Å². The second-order valence-electron chi connectivity index (χ2n) is 7.18. The van der Waals surface area contributed by atoms with Gasteiger partial charge < -0.3 is 14.8 Å². The van der Waals surface area contributed by atoms with E-state index in [9.17, 15) is 22.8 Å². The molecule has 1 aromatic heterocycles. The lowest BCUT2D eigenvalue weighted by Gasteiger charge is -2.17. The predicted octanol–water partition coefficient (Wildman–Crippen LogP) is 4.23. The number of amides is 1. The third-order valence-corrected chi connectivity index (χ3v) is 5.17. The lowest BCUT2D eigenvalue weighted by Crippen LogP contribution is -2.23. The van der Waals surface area contributed by atoms with Gasteiger partial charge >= 0.3 is 12.1 Å². The fourth-order valence-corrected chi connectivity index (χ4v) is 3.83. The van der Waals surface area contributed by atoms with Crippen molar-refractivity contribution in [1.29, 1.82) is 0 Å². The summed E-state index contributed by atoms with van der Waals surface area (Å²) >= 11 is 0. The van der Waals surface area contributed by atoms with Crippen LogP contribution in [0.25, 0.3) is 5.57 Å². The molecule has 0 unspecified atom stereocenters. The number of hydrogen-bond donors (Lipinski definition) is 1. The number of nitrogens with zero attached hydrogens (tertiary/aromatic N) is 1. The maximum absolute atomic E-state index is 13.1. The van der Waals surface area contributed by atoms with Gasteiger partial charge in [0.05, 0.1) is 35.6 Å². The Bertz CT molecular complexity index is 1050. The summed E-state index contributed by atoms with van der Waals surface area (Å²) in [5.74, 6) is -0.937. The molecule has 1 aromatic carbocycles. The molecule has 2 aliphatic rings. The Morgan fingerprint density at radius 3 is 2.52 bits per heavy atom. The van der Waals surface area contributed by atoms with E-state index in [-0.39, 0.29) is 17.9 Å². The average Bonchev–Trinajstić information content (AvgIpc) is 3.35. The highest BCUT2D eigenvalue weighted by Crippen LogP contribution is 2.44. The van der Waals surface area contributed by atoms with Crippen LogP contribution < -0.4 is 5.32 Å². The first-order chi connectivity index (χ1) is 14.8. The molecule has 1 amide bonds. The number of anilines is 1. The molecule has 2 bridgehead atoms. The fourth-order valence-electron chi connectivity index (χ4n) is 3.83. The Morgan fingerprint density at radius 1 is 1.13 bits per heavy atom. The minimum absolute atomic E-state index is 0.0878. The molecule has 31 heavy (non-hydrogen) atoms. The first-order valence-electron chi connectivity index (χ1n) is 9.80. The standard InChI is InChI=1S/C22H19F3N2O4/c1-2-30-21(29)12-6-8-13(9-7-12)26-20(28)19-16-11-10-15(31-16)18(19)14-4-3-5-17(27-14)22(23,24)25/h3-9,15-16H,2,10-11H2,1H3,(H,26,28)/t15-,16-/m0/s1. The molecule has 6 nitrogen and oxygen atoms in total. The van der Waals surface area contributed by atoms with Crippen molar-refractivity contribution in [3.8, 4) is 0 Å². The molecule has 0 aliphatic carbocycles. The van der Waals surface area contributed by atoms with E-state index in [0.717, 1.165) is 6.07 Å². The van der Waals surface area contributed by atoms with Crippen LogP contribution in [0.2, 0.25) is 0 Å². The van der Waals surface area contributed by atoms with Gasteiger partial charge in [-0.2, -0.15) is 13.2 Å².